The van der Waals surface area contributed by atoms with E-state index in [1.165, 1.54) is 11.3 Å². The van der Waals surface area contributed by atoms with Crippen molar-refractivity contribution in [3.05, 3.63) is 94.8 Å². The summed E-state index contributed by atoms with van der Waals surface area (Å²) in [5.41, 5.74) is 1.17. The van der Waals surface area contributed by atoms with Gasteiger partial charge in [-0.3, -0.25) is 4.79 Å². The van der Waals surface area contributed by atoms with Gasteiger partial charge in [0.1, 0.15) is 16.2 Å². The first-order valence-corrected chi connectivity index (χ1v) is 17.6. The van der Waals surface area contributed by atoms with Gasteiger partial charge in [-0.1, -0.05) is 73.5 Å². The lowest BCUT2D eigenvalue weighted by molar-refractivity contribution is -0.103. The minimum atomic E-state index is -1.14. The third-order valence-corrected chi connectivity index (χ3v) is 9.86. The number of nitrogens with zero attached hydrogens (tertiary/aromatic N) is 5. The maximum absolute atomic E-state index is 14.7. The number of rotatable bonds is 9. The molecule has 3 heterocycles. The molecule has 1 aliphatic heterocycles. The molecule has 2 amide bonds. The van der Waals surface area contributed by atoms with Gasteiger partial charge in [0.05, 0.1) is 37.3 Å². The molecule has 2 aliphatic rings. The molecule has 10 nitrogen and oxygen atoms in total. The molecular weight excluding hydrogens is 627 g/mol. The predicted octanol–water partition coefficient (Wildman–Crippen LogP) is 6.37. The van der Waals surface area contributed by atoms with E-state index in [4.69, 9.17) is 14.5 Å². The summed E-state index contributed by atoms with van der Waals surface area (Å²) in [6, 6.07) is 19.2. The number of carbonyl (C=O) groups excluding carboxylic acids is 2. The van der Waals surface area contributed by atoms with Crippen molar-refractivity contribution < 1.29 is 24.2 Å². The Morgan fingerprint density at radius 3 is 2.48 bits per heavy atom. The fourth-order valence-corrected chi connectivity index (χ4v) is 7.41. The molecule has 11 heteroatoms. The van der Waals surface area contributed by atoms with Crippen LogP contribution in [-0.4, -0.2) is 84.9 Å². The van der Waals surface area contributed by atoms with Crippen molar-refractivity contribution in [2.24, 2.45) is 0 Å². The Bertz CT molecular complexity index is 1660. The monoisotopic (exact) mass is 671 g/mol. The van der Waals surface area contributed by atoms with Crippen molar-refractivity contribution >= 4 is 23.3 Å². The average molecular weight is 672 g/mol. The molecule has 1 saturated heterocycles. The number of hydrogen-bond donors (Lipinski definition) is 1. The molecule has 2 fully saturated rings. The first-order valence-electron chi connectivity index (χ1n) is 16.7. The van der Waals surface area contributed by atoms with E-state index in [1.54, 1.807) is 17.4 Å². The molecule has 48 heavy (non-hydrogen) atoms. The van der Waals surface area contributed by atoms with E-state index in [2.05, 4.69) is 4.98 Å². The van der Waals surface area contributed by atoms with Crippen LogP contribution in [0.2, 0.25) is 0 Å². The Hall–Kier alpha value is -4.06. The number of aromatic nitrogens is 3. The van der Waals surface area contributed by atoms with Crippen LogP contribution in [0.15, 0.2) is 78.6 Å². The minimum Gasteiger partial charge on any atom is -0.444 e. The summed E-state index contributed by atoms with van der Waals surface area (Å²) < 4.78 is 13.7. The minimum absolute atomic E-state index is 0.151. The molecule has 4 aromatic rings. The zero-order valence-electron chi connectivity index (χ0n) is 28.0. The van der Waals surface area contributed by atoms with Crippen LogP contribution in [0.3, 0.4) is 0 Å². The topological polar surface area (TPSA) is 110 Å². The highest BCUT2D eigenvalue weighted by Crippen LogP contribution is 2.41. The molecule has 1 N–H and O–H groups in total. The van der Waals surface area contributed by atoms with Gasteiger partial charge in [0.25, 0.3) is 5.91 Å². The number of thiazole rings is 1. The highest BCUT2D eigenvalue weighted by molar-refractivity contribution is 7.09. The van der Waals surface area contributed by atoms with Gasteiger partial charge in [-0.25, -0.2) is 14.8 Å². The first-order chi connectivity index (χ1) is 23.1. The lowest BCUT2D eigenvalue weighted by Gasteiger charge is -2.42. The van der Waals surface area contributed by atoms with Crippen molar-refractivity contribution in [1.29, 1.82) is 0 Å². The van der Waals surface area contributed by atoms with Crippen LogP contribution in [0.25, 0.3) is 11.3 Å². The van der Waals surface area contributed by atoms with Crippen LogP contribution in [0.5, 0.6) is 0 Å². The summed E-state index contributed by atoms with van der Waals surface area (Å²) in [4.78, 5) is 40.5. The number of aliphatic hydroxyl groups is 1. The van der Waals surface area contributed by atoms with Crippen molar-refractivity contribution in [1.82, 2.24) is 24.3 Å². The number of benzene rings is 2. The number of hydrogen-bond acceptors (Lipinski definition) is 8. The summed E-state index contributed by atoms with van der Waals surface area (Å²) in [5, 5.41) is 14.9. The van der Waals surface area contributed by atoms with Gasteiger partial charge in [0, 0.05) is 36.8 Å². The molecule has 1 aliphatic carbocycles. The Labute approximate surface area is 286 Å². The van der Waals surface area contributed by atoms with Crippen LogP contribution < -0.4 is 0 Å². The van der Waals surface area contributed by atoms with E-state index >= 15 is 0 Å². The van der Waals surface area contributed by atoms with E-state index in [0.717, 1.165) is 35.4 Å². The first kappa shape index (κ1) is 33.8. The van der Waals surface area contributed by atoms with Gasteiger partial charge in [-0.2, -0.15) is 0 Å². The number of amides is 2. The molecule has 254 valence electrons. The Morgan fingerprint density at radius 2 is 1.77 bits per heavy atom. The molecule has 0 spiro atoms. The molecule has 6 rings (SSSR count). The zero-order chi connectivity index (χ0) is 33.7. The fraction of sp³-hybridized carbons (Fsp3) is 0.459. The van der Waals surface area contributed by atoms with Gasteiger partial charge in [-0.05, 0) is 45.6 Å². The Morgan fingerprint density at radius 1 is 1.02 bits per heavy atom. The maximum Gasteiger partial charge on any atom is 0.410 e. The molecule has 3 atom stereocenters. The van der Waals surface area contributed by atoms with Crippen LogP contribution in [-0.2, 0) is 22.5 Å². The van der Waals surface area contributed by atoms with E-state index in [1.807, 2.05) is 96.3 Å². The van der Waals surface area contributed by atoms with Crippen LogP contribution in [0.4, 0.5) is 4.79 Å². The third kappa shape index (κ3) is 7.80. The van der Waals surface area contributed by atoms with E-state index < -0.39 is 11.2 Å². The molecule has 2 aromatic heterocycles. The van der Waals surface area contributed by atoms with E-state index in [0.29, 0.717) is 50.5 Å². The predicted molar refractivity (Wildman–Crippen MR) is 185 cm³/mol. The molecular formula is C37H45N5O5S. The number of piperazine rings is 1. The highest BCUT2D eigenvalue weighted by atomic mass is 32.1. The largest absolute Gasteiger partial charge is 0.444 e. The Balaban J connectivity index is 1.32. The van der Waals surface area contributed by atoms with Crippen LogP contribution >= 0.6 is 11.3 Å². The number of ether oxygens (including phenoxy) is 2. The number of imidazole rings is 1. The second-order valence-corrected chi connectivity index (χ2v) is 14.7. The van der Waals surface area contributed by atoms with Gasteiger partial charge >= 0.3 is 6.09 Å². The summed E-state index contributed by atoms with van der Waals surface area (Å²) in [6.45, 7) is 7.09. The van der Waals surface area contributed by atoms with Crippen molar-refractivity contribution in [3.8, 4) is 11.3 Å². The molecule has 2 aromatic carbocycles. The van der Waals surface area contributed by atoms with Crippen molar-refractivity contribution in [2.75, 3.05) is 26.2 Å². The van der Waals surface area contributed by atoms with Crippen molar-refractivity contribution in [3.63, 3.8) is 0 Å². The maximum atomic E-state index is 14.7. The van der Waals surface area contributed by atoms with Gasteiger partial charge in [0.2, 0.25) is 0 Å². The van der Waals surface area contributed by atoms with Gasteiger partial charge in [-0.15, -0.1) is 11.3 Å². The summed E-state index contributed by atoms with van der Waals surface area (Å²) in [7, 11) is 0. The summed E-state index contributed by atoms with van der Waals surface area (Å²) in [5.74, 6) is -0.197. The summed E-state index contributed by atoms with van der Waals surface area (Å²) >= 11 is 1.53. The zero-order valence-corrected chi connectivity index (χ0v) is 28.8. The third-order valence-electron chi connectivity index (χ3n) is 9.11. The molecule has 1 saturated carbocycles. The Kier molecular flexibility index (Phi) is 10.3. The fourth-order valence-electron chi connectivity index (χ4n) is 6.86. The second kappa shape index (κ2) is 14.6. The highest BCUT2D eigenvalue weighted by Gasteiger charge is 2.43. The normalized spacial score (nSPS) is 21.7. The summed E-state index contributed by atoms with van der Waals surface area (Å²) in [6.07, 6.45) is 6.80. The lowest BCUT2D eigenvalue weighted by atomic mass is 9.80. The molecule has 0 unspecified atom stereocenters. The van der Waals surface area contributed by atoms with E-state index in [-0.39, 0.29) is 30.7 Å². The van der Waals surface area contributed by atoms with Crippen molar-refractivity contribution in [2.45, 2.75) is 82.8 Å². The standard InChI is InChI=1S/C37H45N5O5S/c1-36(2,3)47-35(44)40-19-20-41(29(23-40)22-27-12-6-4-7-13-27)34(43)32-33(28-14-8-5-9-15-28)42(26-39-32)30-16-10-11-17-37(30,45)25-46-24-31-38-18-21-48-31/h4-9,12-15,18,21,26,29-30,45H,10-11,16-17,19-20,22-25H2,1-3H3/t29-,30+,37+/m1/s1. The molecule has 0 radical (unpaired) electrons. The average Bonchev–Trinajstić information content (AvgIpc) is 3.75. The number of carbonyl (C=O) groups is 2. The SMILES string of the molecule is CC(C)(C)OC(=O)N1CCN(C(=O)c2ncn([C@H]3CCCC[C@]3(O)COCc3nccs3)c2-c2ccccc2)[C@H](Cc2ccccc2)C1. The second-order valence-electron chi connectivity index (χ2n) is 13.8. The quantitative estimate of drug-likeness (QED) is 0.220. The van der Waals surface area contributed by atoms with E-state index in [9.17, 15) is 14.7 Å². The smallest absolute Gasteiger partial charge is 0.410 e. The van der Waals surface area contributed by atoms with Gasteiger partial charge in [0.15, 0.2) is 5.69 Å². The van der Waals surface area contributed by atoms with Gasteiger partial charge < -0.3 is 28.9 Å². The van der Waals surface area contributed by atoms with Crippen LogP contribution in [0.1, 0.15) is 73.6 Å². The lowest BCUT2D eigenvalue weighted by Crippen LogP contribution is -2.58. The van der Waals surface area contributed by atoms with Crippen LogP contribution in [0, 0.1) is 0 Å². The molecule has 0 bridgehead atoms.